The Morgan fingerprint density at radius 2 is 1.96 bits per heavy atom. The van der Waals surface area contributed by atoms with Crippen LogP contribution in [0.2, 0.25) is 0 Å². The molecule has 26 heavy (non-hydrogen) atoms. The lowest BCUT2D eigenvalue weighted by molar-refractivity contribution is -0.115. The summed E-state index contributed by atoms with van der Waals surface area (Å²) in [5.74, 6) is 1.11. The quantitative estimate of drug-likeness (QED) is 0.693. The van der Waals surface area contributed by atoms with Crippen LogP contribution in [-0.4, -0.2) is 25.1 Å². The molecule has 0 saturated heterocycles. The summed E-state index contributed by atoms with van der Waals surface area (Å²) in [5, 5.41) is 5.31. The molecule has 0 bridgehead atoms. The summed E-state index contributed by atoms with van der Waals surface area (Å²) in [6, 6.07) is 12.9. The molecule has 3 aromatic rings. The minimum Gasteiger partial charge on any atom is -0.493 e. The van der Waals surface area contributed by atoms with Crippen LogP contribution in [0.4, 0.5) is 10.8 Å². The number of amides is 1. The molecule has 6 nitrogen and oxygen atoms in total. The maximum absolute atomic E-state index is 12.4. The number of thiazole rings is 1. The van der Waals surface area contributed by atoms with Crippen molar-refractivity contribution in [3.8, 4) is 22.8 Å². The first-order chi connectivity index (χ1) is 12.6. The van der Waals surface area contributed by atoms with Gasteiger partial charge in [-0.3, -0.25) is 4.79 Å². The number of nitrogens with zero attached hydrogens (tertiary/aromatic N) is 1. The van der Waals surface area contributed by atoms with Gasteiger partial charge in [0.1, 0.15) is 0 Å². The van der Waals surface area contributed by atoms with Crippen molar-refractivity contribution in [3.63, 3.8) is 0 Å². The predicted octanol–water partition coefficient (Wildman–Crippen LogP) is 3.59. The number of nitrogen functional groups attached to an aromatic ring is 1. The number of methoxy groups -OCH3 is 2. The molecule has 3 rings (SSSR count). The van der Waals surface area contributed by atoms with Crippen LogP contribution in [0.5, 0.6) is 11.5 Å². The van der Waals surface area contributed by atoms with E-state index in [1.54, 1.807) is 26.4 Å². The van der Waals surface area contributed by atoms with E-state index in [-0.39, 0.29) is 12.3 Å². The van der Waals surface area contributed by atoms with Crippen LogP contribution in [0, 0.1) is 0 Å². The summed E-state index contributed by atoms with van der Waals surface area (Å²) in [6.45, 7) is 0. The largest absolute Gasteiger partial charge is 0.493 e. The van der Waals surface area contributed by atoms with Gasteiger partial charge in [-0.25, -0.2) is 4.98 Å². The molecule has 0 aliphatic rings. The monoisotopic (exact) mass is 369 g/mol. The molecule has 0 radical (unpaired) electrons. The Labute approximate surface area is 155 Å². The topological polar surface area (TPSA) is 86.5 Å². The molecule has 7 heteroatoms. The van der Waals surface area contributed by atoms with Gasteiger partial charge in [-0.05, 0) is 29.8 Å². The Morgan fingerprint density at radius 3 is 2.65 bits per heavy atom. The Morgan fingerprint density at radius 1 is 1.15 bits per heavy atom. The maximum atomic E-state index is 12.4. The Bertz CT molecular complexity index is 924. The van der Waals surface area contributed by atoms with E-state index in [2.05, 4.69) is 10.3 Å². The number of aromatic nitrogens is 1. The highest BCUT2D eigenvalue weighted by Gasteiger charge is 2.10. The normalized spacial score (nSPS) is 10.4. The minimum atomic E-state index is -0.118. The molecule has 0 aliphatic carbocycles. The number of hydrogen-bond acceptors (Lipinski definition) is 6. The summed E-state index contributed by atoms with van der Waals surface area (Å²) in [4.78, 5) is 16.6. The Hall–Kier alpha value is -3.06. The fourth-order valence-electron chi connectivity index (χ4n) is 2.56. The Kier molecular flexibility index (Phi) is 5.38. The average molecular weight is 369 g/mol. The molecular weight excluding hydrogens is 350 g/mol. The second-order valence-electron chi connectivity index (χ2n) is 5.57. The van der Waals surface area contributed by atoms with E-state index in [1.807, 2.05) is 35.7 Å². The predicted molar refractivity (Wildman–Crippen MR) is 104 cm³/mol. The molecule has 134 valence electrons. The SMILES string of the molecule is COc1ccc(CC(=O)Nc2cccc(-c3csc(N)n3)c2)cc1OC. The van der Waals surface area contributed by atoms with Crippen LogP contribution in [0.1, 0.15) is 5.56 Å². The molecule has 0 atom stereocenters. The fraction of sp³-hybridized carbons (Fsp3) is 0.158. The van der Waals surface area contributed by atoms with Crippen LogP contribution < -0.4 is 20.5 Å². The van der Waals surface area contributed by atoms with Crippen LogP contribution >= 0.6 is 11.3 Å². The number of nitrogens with two attached hydrogens (primary N) is 1. The number of hydrogen-bond donors (Lipinski definition) is 2. The zero-order chi connectivity index (χ0) is 18.5. The van der Waals surface area contributed by atoms with Crippen molar-refractivity contribution in [2.75, 3.05) is 25.3 Å². The van der Waals surface area contributed by atoms with E-state index in [9.17, 15) is 4.79 Å². The van der Waals surface area contributed by atoms with Crippen LogP contribution in [-0.2, 0) is 11.2 Å². The number of carbonyl (C=O) groups excluding carboxylic acids is 1. The fourth-order valence-corrected chi connectivity index (χ4v) is 3.13. The van der Waals surface area contributed by atoms with E-state index >= 15 is 0 Å². The molecule has 0 saturated carbocycles. The van der Waals surface area contributed by atoms with E-state index in [0.717, 1.165) is 16.8 Å². The molecule has 1 heterocycles. The summed E-state index contributed by atoms with van der Waals surface area (Å²) in [6.07, 6.45) is 0.230. The third-order valence-corrected chi connectivity index (χ3v) is 4.45. The molecule has 1 amide bonds. The van der Waals surface area contributed by atoms with E-state index < -0.39 is 0 Å². The molecule has 0 aliphatic heterocycles. The van der Waals surface area contributed by atoms with Gasteiger partial charge >= 0.3 is 0 Å². The smallest absolute Gasteiger partial charge is 0.228 e. The number of rotatable bonds is 6. The number of nitrogens with one attached hydrogen (secondary N) is 1. The van der Waals surface area contributed by atoms with Gasteiger partial charge in [0.05, 0.1) is 26.3 Å². The van der Waals surface area contributed by atoms with Crippen molar-refractivity contribution in [3.05, 3.63) is 53.4 Å². The van der Waals surface area contributed by atoms with Crippen LogP contribution in [0.3, 0.4) is 0 Å². The van der Waals surface area contributed by atoms with E-state index in [4.69, 9.17) is 15.2 Å². The second kappa shape index (κ2) is 7.88. The maximum Gasteiger partial charge on any atom is 0.228 e. The van der Waals surface area contributed by atoms with E-state index in [0.29, 0.717) is 22.3 Å². The second-order valence-corrected chi connectivity index (χ2v) is 6.46. The number of carbonyl (C=O) groups is 1. The van der Waals surface area contributed by atoms with Gasteiger partial charge in [0, 0.05) is 16.6 Å². The van der Waals surface area contributed by atoms with Gasteiger partial charge in [-0.15, -0.1) is 11.3 Å². The Balaban J connectivity index is 1.70. The van der Waals surface area contributed by atoms with Crippen molar-refractivity contribution in [1.82, 2.24) is 4.98 Å². The molecule has 3 N–H and O–H groups in total. The number of benzene rings is 2. The zero-order valence-electron chi connectivity index (χ0n) is 14.5. The van der Waals surface area contributed by atoms with Crippen molar-refractivity contribution < 1.29 is 14.3 Å². The zero-order valence-corrected chi connectivity index (χ0v) is 15.3. The van der Waals surface area contributed by atoms with Gasteiger partial charge in [-0.1, -0.05) is 18.2 Å². The van der Waals surface area contributed by atoms with Gasteiger partial charge in [0.25, 0.3) is 0 Å². The number of ether oxygens (including phenoxy) is 2. The lowest BCUT2D eigenvalue weighted by Crippen LogP contribution is -2.14. The summed E-state index contributed by atoms with van der Waals surface area (Å²) in [5.41, 5.74) is 8.93. The van der Waals surface area contributed by atoms with Crippen molar-refractivity contribution in [2.24, 2.45) is 0 Å². The molecule has 1 aromatic heterocycles. The van der Waals surface area contributed by atoms with Crippen molar-refractivity contribution >= 4 is 28.1 Å². The van der Waals surface area contributed by atoms with Gasteiger partial charge in [0.2, 0.25) is 5.91 Å². The standard InChI is InChI=1S/C19H19N3O3S/c1-24-16-7-6-12(8-17(16)25-2)9-18(23)21-14-5-3-4-13(10-14)15-11-26-19(20)22-15/h3-8,10-11H,9H2,1-2H3,(H2,20,22)(H,21,23). The third kappa shape index (κ3) is 4.12. The summed E-state index contributed by atoms with van der Waals surface area (Å²) in [7, 11) is 3.14. The highest BCUT2D eigenvalue weighted by Crippen LogP contribution is 2.28. The third-order valence-electron chi connectivity index (χ3n) is 3.78. The molecule has 0 spiro atoms. The molecule has 0 unspecified atom stereocenters. The first kappa shape index (κ1) is 17.8. The van der Waals surface area contributed by atoms with Crippen LogP contribution in [0.25, 0.3) is 11.3 Å². The summed E-state index contributed by atoms with van der Waals surface area (Å²) >= 11 is 1.38. The average Bonchev–Trinajstić information content (AvgIpc) is 3.08. The lowest BCUT2D eigenvalue weighted by atomic mass is 10.1. The first-order valence-corrected chi connectivity index (χ1v) is 8.79. The molecular formula is C19H19N3O3S. The highest BCUT2D eigenvalue weighted by atomic mass is 32.1. The molecule has 2 aromatic carbocycles. The minimum absolute atomic E-state index is 0.118. The summed E-state index contributed by atoms with van der Waals surface area (Å²) < 4.78 is 10.5. The van der Waals surface area contributed by atoms with E-state index in [1.165, 1.54) is 11.3 Å². The van der Waals surface area contributed by atoms with Gasteiger partial charge in [0.15, 0.2) is 16.6 Å². The van der Waals surface area contributed by atoms with Crippen molar-refractivity contribution in [1.29, 1.82) is 0 Å². The molecule has 0 fully saturated rings. The van der Waals surface area contributed by atoms with Crippen molar-refractivity contribution in [2.45, 2.75) is 6.42 Å². The van der Waals surface area contributed by atoms with Gasteiger partial charge in [-0.2, -0.15) is 0 Å². The lowest BCUT2D eigenvalue weighted by Gasteiger charge is -2.10. The first-order valence-electron chi connectivity index (χ1n) is 7.91. The van der Waals surface area contributed by atoms with Gasteiger partial charge < -0.3 is 20.5 Å². The van der Waals surface area contributed by atoms with Crippen LogP contribution in [0.15, 0.2) is 47.8 Å². The number of anilines is 2. The highest BCUT2D eigenvalue weighted by molar-refractivity contribution is 7.13.